The summed E-state index contributed by atoms with van der Waals surface area (Å²) in [5.74, 6) is -1.12. The van der Waals surface area contributed by atoms with Crippen LogP contribution in [0.3, 0.4) is 0 Å². The average Bonchev–Trinajstić information content (AvgIpc) is 3.18. The number of aromatic nitrogens is 3. The molecule has 1 aliphatic heterocycles. The fraction of sp³-hybridized carbons (Fsp3) is 0.304. The first-order valence-corrected chi connectivity index (χ1v) is 11.7. The second-order valence-electron chi connectivity index (χ2n) is 8.00. The molecule has 11 nitrogen and oxygen atoms in total. The van der Waals surface area contributed by atoms with Crippen LogP contribution in [0.5, 0.6) is 17.6 Å². The van der Waals surface area contributed by atoms with Crippen LogP contribution in [-0.2, 0) is 11.2 Å². The van der Waals surface area contributed by atoms with Crippen molar-refractivity contribution in [3.8, 4) is 17.6 Å². The van der Waals surface area contributed by atoms with E-state index in [4.69, 9.17) is 14.6 Å². The smallest absolute Gasteiger partial charge is 0.309 e. The molecule has 2 N–H and O–H groups in total. The Morgan fingerprint density at radius 3 is 2.51 bits per heavy atom. The number of carboxylic acid groups (broad SMARTS) is 1. The first kappa shape index (κ1) is 24.1. The molecule has 12 heteroatoms. The van der Waals surface area contributed by atoms with E-state index in [0.717, 1.165) is 30.8 Å². The third kappa shape index (κ3) is 6.29. The maximum atomic E-state index is 12.8. The number of thiazole rings is 1. The Labute approximate surface area is 204 Å². The largest absolute Gasteiger partial charge is 0.481 e. The standard InChI is InChI=1S/C23H23N5O6S/c1-13(2)33-18-8-15(21(31)27-23-25-16(12-35-23)10-20(29)30)9-19(26-18)34-17-5-4-14(11-24-17)22(32)28-6-3-7-28/h4-5,8-9,11-13H,3,6-7,10H2,1-2H3,(H,29,30)(H,25,27,31). The predicted molar refractivity (Wildman–Crippen MR) is 126 cm³/mol. The highest BCUT2D eigenvalue weighted by molar-refractivity contribution is 7.14. The molecule has 0 spiro atoms. The van der Waals surface area contributed by atoms with Gasteiger partial charge in [0.15, 0.2) is 5.13 Å². The van der Waals surface area contributed by atoms with Crippen LogP contribution >= 0.6 is 11.3 Å². The average molecular weight is 498 g/mol. The molecule has 1 fully saturated rings. The number of rotatable bonds is 9. The molecule has 0 saturated carbocycles. The van der Waals surface area contributed by atoms with Crippen molar-refractivity contribution in [2.75, 3.05) is 18.4 Å². The van der Waals surface area contributed by atoms with Crippen LogP contribution in [0, 0.1) is 0 Å². The van der Waals surface area contributed by atoms with E-state index in [0.29, 0.717) is 11.3 Å². The zero-order valence-electron chi connectivity index (χ0n) is 19.1. The van der Waals surface area contributed by atoms with Crippen molar-refractivity contribution in [2.45, 2.75) is 32.8 Å². The molecular weight excluding hydrogens is 474 g/mol. The summed E-state index contributed by atoms with van der Waals surface area (Å²) >= 11 is 1.12. The lowest BCUT2D eigenvalue weighted by Gasteiger charge is -2.30. The van der Waals surface area contributed by atoms with Crippen molar-refractivity contribution in [3.63, 3.8) is 0 Å². The van der Waals surface area contributed by atoms with E-state index in [1.165, 1.54) is 18.3 Å². The number of carboxylic acids is 1. The Morgan fingerprint density at radius 2 is 1.89 bits per heavy atom. The molecule has 0 radical (unpaired) electrons. The number of hydrogen-bond acceptors (Lipinski definition) is 9. The number of carbonyl (C=O) groups excluding carboxylic acids is 2. The first-order valence-electron chi connectivity index (χ1n) is 10.9. The minimum Gasteiger partial charge on any atom is -0.481 e. The molecule has 1 aliphatic rings. The number of pyridine rings is 2. The normalized spacial score (nSPS) is 12.7. The molecule has 0 aromatic carbocycles. The summed E-state index contributed by atoms with van der Waals surface area (Å²) in [6.45, 7) is 5.14. The Bertz CT molecular complexity index is 1240. The second kappa shape index (κ2) is 10.5. The summed E-state index contributed by atoms with van der Waals surface area (Å²) < 4.78 is 11.4. The maximum absolute atomic E-state index is 12.8. The van der Waals surface area contributed by atoms with Gasteiger partial charge < -0.3 is 19.5 Å². The van der Waals surface area contributed by atoms with Crippen molar-refractivity contribution in [2.24, 2.45) is 0 Å². The fourth-order valence-corrected chi connectivity index (χ4v) is 3.82. The molecule has 3 aromatic rings. The number of nitrogens with one attached hydrogen (secondary N) is 1. The number of amides is 2. The second-order valence-corrected chi connectivity index (χ2v) is 8.86. The van der Waals surface area contributed by atoms with Gasteiger partial charge in [0.1, 0.15) is 0 Å². The van der Waals surface area contributed by atoms with Crippen LogP contribution < -0.4 is 14.8 Å². The summed E-state index contributed by atoms with van der Waals surface area (Å²) in [6, 6.07) is 6.08. The first-order chi connectivity index (χ1) is 16.8. The molecule has 0 aliphatic carbocycles. The summed E-state index contributed by atoms with van der Waals surface area (Å²) in [7, 11) is 0. The van der Waals surface area contributed by atoms with Gasteiger partial charge in [-0.15, -0.1) is 11.3 Å². The van der Waals surface area contributed by atoms with Gasteiger partial charge in [-0.3, -0.25) is 19.7 Å². The van der Waals surface area contributed by atoms with Crippen molar-refractivity contribution >= 4 is 34.3 Å². The van der Waals surface area contributed by atoms with Gasteiger partial charge in [-0.1, -0.05) is 0 Å². The van der Waals surface area contributed by atoms with Crippen LogP contribution in [0.1, 0.15) is 46.7 Å². The van der Waals surface area contributed by atoms with E-state index in [9.17, 15) is 14.4 Å². The minimum atomic E-state index is -1.01. The number of carbonyl (C=O) groups is 3. The zero-order valence-corrected chi connectivity index (χ0v) is 19.9. The quantitative estimate of drug-likeness (QED) is 0.455. The number of ether oxygens (including phenoxy) is 2. The lowest BCUT2D eigenvalue weighted by atomic mass is 10.1. The number of anilines is 1. The summed E-state index contributed by atoms with van der Waals surface area (Å²) in [5.41, 5.74) is 1.01. The number of aliphatic carboxylic acids is 1. The van der Waals surface area contributed by atoms with Crippen LogP contribution in [0.25, 0.3) is 0 Å². The van der Waals surface area contributed by atoms with Crippen LogP contribution in [-0.4, -0.2) is 61.9 Å². The molecule has 0 bridgehead atoms. The Kier molecular flexibility index (Phi) is 7.20. The van der Waals surface area contributed by atoms with Gasteiger partial charge in [-0.25, -0.2) is 9.97 Å². The Balaban J connectivity index is 1.51. The van der Waals surface area contributed by atoms with Gasteiger partial charge in [0.05, 0.1) is 29.3 Å². The van der Waals surface area contributed by atoms with E-state index < -0.39 is 11.9 Å². The fourth-order valence-electron chi connectivity index (χ4n) is 3.11. The molecule has 3 aromatic heterocycles. The maximum Gasteiger partial charge on any atom is 0.309 e. The van der Waals surface area contributed by atoms with E-state index in [1.807, 2.05) is 13.8 Å². The van der Waals surface area contributed by atoms with Gasteiger partial charge in [0, 0.05) is 42.9 Å². The van der Waals surface area contributed by atoms with E-state index in [1.54, 1.807) is 22.4 Å². The summed E-state index contributed by atoms with van der Waals surface area (Å²) in [4.78, 5) is 50.3. The lowest BCUT2D eigenvalue weighted by molar-refractivity contribution is -0.136. The molecular formula is C23H23N5O6S. The van der Waals surface area contributed by atoms with Gasteiger partial charge in [-0.05, 0) is 26.3 Å². The van der Waals surface area contributed by atoms with Gasteiger partial charge in [0.2, 0.25) is 17.6 Å². The van der Waals surface area contributed by atoms with Crippen LogP contribution in [0.15, 0.2) is 35.8 Å². The Hall–Kier alpha value is -4.06. The third-order valence-electron chi connectivity index (χ3n) is 4.84. The van der Waals surface area contributed by atoms with E-state index >= 15 is 0 Å². The topological polar surface area (TPSA) is 144 Å². The molecule has 35 heavy (non-hydrogen) atoms. The molecule has 182 valence electrons. The zero-order chi connectivity index (χ0) is 24.9. The van der Waals surface area contributed by atoms with Crippen LogP contribution in [0.4, 0.5) is 5.13 Å². The molecule has 0 unspecified atom stereocenters. The number of likely N-dealkylation sites (tertiary alicyclic amines) is 1. The van der Waals surface area contributed by atoms with Gasteiger partial charge in [0.25, 0.3) is 11.8 Å². The van der Waals surface area contributed by atoms with E-state index in [-0.39, 0.29) is 46.8 Å². The predicted octanol–water partition coefficient (Wildman–Crippen LogP) is 3.24. The highest BCUT2D eigenvalue weighted by atomic mass is 32.1. The van der Waals surface area contributed by atoms with E-state index in [2.05, 4.69) is 20.3 Å². The molecule has 4 rings (SSSR count). The van der Waals surface area contributed by atoms with Crippen molar-refractivity contribution in [3.05, 3.63) is 52.7 Å². The molecule has 0 atom stereocenters. The minimum absolute atomic E-state index is 0.0755. The van der Waals surface area contributed by atoms with Crippen LogP contribution in [0.2, 0.25) is 0 Å². The molecule has 1 saturated heterocycles. The van der Waals surface area contributed by atoms with Crippen molar-refractivity contribution in [1.82, 2.24) is 19.9 Å². The van der Waals surface area contributed by atoms with Crippen molar-refractivity contribution < 1.29 is 29.0 Å². The lowest BCUT2D eigenvalue weighted by Crippen LogP contribution is -2.42. The highest BCUT2D eigenvalue weighted by Crippen LogP contribution is 2.25. The SMILES string of the molecule is CC(C)Oc1cc(C(=O)Nc2nc(CC(=O)O)cs2)cc(Oc2ccc(C(=O)N3CCC3)cn2)n1. The Morgan fingerprint density at radius 1 is 1.11 bits per heavy atom. The number of nitrogens with zero attached hydrogens (tertiary/aromatic N) is 4. The third-order valence-corrected chi connectivity index (χ3v) is 5.64. The molecule has 4 heterocycles. The summed E-state index contributed by atoms with van der Waals surface area (Å²) in [6.07, 6.45) is 2.01. The van der Waals surface area contributed by atoms with Gasteiger partial charge in [-0.2, -0.15) is 4.98 Å². The summed E-state index contributed by atoms with van der Waals surface area (Å²) in [5, 5.41) is 13.4. The number of hydrogen-bond donors (Lipinski definition) is 2. The molecule has 2 amide bonds. The highest BCUT2D eigenvalue weighted by Gasteiger charge is 2.22. The monoisotopic (exact) mass is 497 g/mol. The van der Waals surface area contributed by atoms with Gasteiger partial charge >= 0.3 is 5.97 Å². The van der Waals surface area contributed by atoms with Crippen molar-refractivity contribution in [1.29, 1.82) is 0 Å².